The van der Waals surface area contributed by atoms with E-state index in [0.29, 0.717) is 28.6 Å². The Labute approximate surface area is 210 Å². The Morgan fingerprint density at radius 3 is 2.59 bits per heavy atom. The number of aromatic nitrogens is 1. The van der Waals surface area contributed by atoms with Crippen LogP contribution in [-0.2, 0) is 4.79 Å². The third-order valence-corrected chi connectivity index (χ3v) is 7.90. The number of rotatable bonds is 9. The number of anilines is 2. The minimum atomic E-state index is -0.290. The first kappa shape index (κ1) is 24.0. The zero-order valence-corrected chi connectivity index (χ0v) is 21.1. The monoisotopic (exact) mass is 509 g/mol. The van der Waals surface area contributed by atoms with E-state index in [2.05, 4.69) is 15.6 Å². The molecule has 2 N–H and O–H groups in total. The first-order valence-electron chi connectivity index (χ1n) is 10.6. The van der Waals surface area contributed by atoms with Crippen molar-refractivity contribution in [1.82, 2.24) is 4.98 Å². The molecule has 0 saturated heterocycles. The molecule has 1 atom stereocenters. The minimum Gasteiger partial charge on any atom is -0.497 e. The average Bonchev–Trinajstić information content (AvgIpc) is 3.55. The smallest absolute Gasteiger partial charge is 0.255 e. The number of nitrogens with one attached hydrogen (secondary N) is 2. The molecule has 2 aromatic carbocycles. The number of amides is 2. The Morgan fingerprint density at radius 2 is 1.88 bits per heavy atom. The summed E-state index contributed by atoms with van der Waals surface area (Å²) in [5.74, 6) is 0.395. The van der Waals surface area contributed by atoms with Crippen LogP contribution in [0.5, 0.6) is 5.75 Å². The lowest BCUT2D eigenvalue weighted by Crippen LogP contribution is -2.24. The number of methoxy groups -OCH3 is 1. The molecule has 2 heterocycles. The lowest BCUT2D eigenvalue weighted by molar-refractivity contribution is -0.115. The molecule has 0 radical (unpaired) electrons. The van der Waals surface area contributed by atoms with Crippen molar-refractivity contribution in [2.75, 3.05) is 17.7 Å². The van der Waals surface area contributed by atoms with Crippen molar-refractivity contribution in [3.8, 4) is 16.3 Å². The maximum absolute atomic E-state index is 12.9. The second-order valence-electron chi connectivity index (χ2n) is 7.23. The Kier molecular flexibility index (Phi) is 7.99. The second kappa shape index (κ2) is 11.3. The van der Waals surface area contributed by atoms with Crippen LogP contribution in [0.15, 0.2) is 76.3 Å². The summed E-state index contributed by atoms with van der Waals surface area (Å²) in [4.78, 5) is 32.0. The normalized spacial score (nSPS) is 11.6. The molecule has 4 aromatic rings. The van der Waals surface area contributed by atoms with Gasteiger partial charge >= 0.3 is 0 Å². The van der Waals surface area contributed by atoms with Crippen LogP contribution < -0.4 is 15.4 Å². The topological polar surface area (TPSA) is 80.3 Å². The van der Waals surface area contributed by atoms with Crippen LogP contribution in [0.1, 0.15) is 23.7 Å². The molecule has 0 bridgehead atoms. The van der Waals surface area contributed by atoms with Gasteiger partial charge in [0, 0.05) is 21.5 Å². The number of ether oxygens (including phenoxy) is 1. The number of carbonyl (C=O) groups is 2. The fraction of sp³-hybridized carbons (Fsp3) is 0.160. The van der Waals surface area contributed by atoms with Crippen LogP contribution in [0.25, 0.3) is 10.6 Å². The van der Waals surface area contributed by atoms with Crippen molar-refractivity contribution < 1.29 is 14.3 Å². The first-order valence-corrected chi connectivity index (χ1v) is 13.2. The van der Waals surface area contributed by atoms with Gasteiger partial charge in [-0.05, 0) is 60.3 Å². The van der Waals surface area contributed by atoms with Gasteiger partial charge in [-0.1, -0.05) is 19.1 Å². The van der Waals surface area contributed by atoms with Crippen LogP contribution >= 0.6 is 34.4 Å². The summed E-state index contributed by atoms with van der Waals surface area (Å²) in [6.07, 6.45) is 0.655. The van der Waals surface area contributed by atoms with E-state index in [-0.39, 0.29) is 17.1 Å². The van der Waals surface area contributed by atoms with Crippen molar-refractivity contribution in [3.05, 3.63) is 77.0 Å². The molecule has 0 aliphatic rings. The summed E-state index contributed by atoms with van der Waals surface area (Å²) in [5.41, 5.74) is 2.08. The number of hydrogen-bond donors (Lipinski definition) is 2. The Balaban J connectivity index is 1.38. The fourth-order valence-corrected chi connectivity index (χ4v) is 5.62. The van der Waals surface area contributed by atoms with Gasteiger partial charge in [-0.15, -0.1) is 34.4 Å². The lowest BCUT2D eigenvalue weighted by Gasteiger charge is -2.14. The molecule has 34 heavy (non-hydrogen) atoms. The average molecular weight is 510 g/mol. The predicted molar refractivity (Wildman–Crippen MR) is 141 cm³/mol. The fourth-order valence-electron chi connectivity index (χ4n) is 3.13. The maximum Gasteiger partial charge on any atom is 0.255 e. The number of thiophene rings is 1. The Morgan fingerprint density at radius 1 is 1.06 bits per heavy atom. The highest BCUT2D eigenvalue weighted by Gasteiger charge is 2.20. The maximum atomic E-state index is 12.9. The highest BCUT2D eigenvalue weighted by molar-refractivity contribution is 8.00. The van der Waals surface area contributed by atoms with Crippen LogP contribution in [-0.4, -0.2) is 29.2 Å². The quantitative estimate of drug-likeness (QED) is 0.247. The summed E-state index contributed by atoms with van der Waals surface area (Å²) in [7, 11) is 1.58. The van der Waals surface area contributed by atoms with Gasteiger partial charge < -0.3 is 15.4 Å². The number of carbonyl (C=O) groups excluding carboxylic acids is 2. The summed E-state index contributed by atoms with van der Waals surface area (Å²) < 4.78 is 5.14. The number of hydrogen-bond acceptors (Lipinski definition) is 7. The highest BCUT2D eigenvalue weighted by Crippen LogP contribution is 2.31. The molecular weight excluding hydrogens is 486 g/mol. The summed E-state index contributed by atoms with van der Waals surface area (Å²) in [6, 6.07) is 18.4. The number of thioether (sulfide) groups is 1. The van der Waals surface area contributed by atoms with Gasteiger partial charge in [0.1, 0.15) is 5.75 Å². The van der Waals surface area contributed by atoms with Gasteiger partial charge in [-0.2, -0.15) is 0 Å². The van der Waals surface area contributed by atoms with Gasteiger partial charge in [-0.25, -0.2) is 4.98 Å². The van der Waals surface area contributed by atoms with Crippen LogP contribution in [0, 0.1) is 0 Å². The molecule has 0 saturated carbocycles. The molecule has 2 aromatic heterocycles. The molecule has 174 valence electrons. The zero-order chi connectivity index (χ0) is 23.9. The SMILES string of the molecule is CCC(Sc1cccc(NC(=O)c2ccc(OC)cc2)c1)C(=O)Nc1nc(-c2cccs2)cs1. The lowest BCUT2D eigenvalue weighted by atomic mass is 10.2. The van der Waals surface area contributed by atoms with Crippen molar-refractivity contribution in [1.29, 1.82) is 0 Å². The van der Waals surface area contributed by atoms with Crippen LogP contribution in [0.4, 0.5) is 10.8 Å². The van der Waals surface area contributed by atoms with E-state index in [9.17, 15) is 9.59 Å². The summed E-state index contributed by atoms with van der Waals surface area (Å²) in [6.45, 7) is 1.98. The van der Waals surface area contributed by atoms with E-state index in [1.54, 1.807) is 42.7 Å². The molecule has 4 rings (SSSR count). The van der Waals surface area contributed by atoms with Gasteiger partial charge in [0.2, 0.25) is 5.91 Å². The number of nitrogens with zero attached hydrogens (tertiary/aromatic N) is 1. The Bertz CT molecular complexity index is 1250. The van der Waals surface area contributed by atoms with E-state index in [1.165, 1.54) is 23.1 Å². The minimum absolute atomic E-state index is 0.0905. The summed E-state index contributed by atoms with van der Waals surface area (Å²) in [5, 5.41) is 10.1. The molecule has 1 unspecified atom stereocenters. The molecular formula is C25H23N3O3S3. The third-order valence-electron chi connectivity index (χ3n) is 4.89. The largest absolute Gasteiger partial charge is 0.497 e. The van der Waals surface area contributed by atoms with Crippen LogP contribution in [0.3, 0.4) is 0 Å². The second-order valence-corrected chi connectivity index (χ2v) is 10.3. The van der Waals surface area contributed by atoms with Crippen molar-refractivity contribution in [2.24, 2.45) is 0 Å². The van der Waals surface area contributed by atoms with Crippen LogP contribution in [0.2, 0.25) is 0 Å². The van der Waals surface area contributed by atoms with E-state index >= 15 is 0 Å². The molecule has 0 aliphatic carbocycles. The van der Waals surface area contributed by atoms with Crippen molar-refractivity contribution in [3.63, 3.8) is 0 Å². The van der Waals surface area contributed by atoms with E-state index < -0.39 is 0 Å². The molecule has 6 nitrogen and oxygen atoms in total. The van der Waals surface area contributed by atoms with Gasteiger partial charge in [0.25, 0.3) is 5.91 Å². The molecule has 0 aliphatic heterocycles. The standard InChI is InChI=1S/C25H23N3O3S3/c1-3-21(24(30)28-25-27-20(15-33-25)22-8-5-13-32-22)34-19-7-4-6-17(14-19)26-23(29)16-9-11-18(31-2)12-10-16/h4-15,21H,3H2,1-2H3,(H,26,29)(H,27,28,30). The van der Waals surface area contributed by atoms with E-state index in [0.717, 1.165) is 15.5 Å². The van der Waals surface area contributed by atoms with Gasteiger partial charge in [0.05, 0.1) is 22.9 Å². The predicted octanol–water partition coefficient (Wildman–Crippen LogP) is 6.64. The molecule has 0 fully saturated rings. The van der Waals surface area contributed by atoms with E-state index in [4.69, 9.17) is 4.74 Å². The summed E-state index contributed by atoms with van der Waals surface area (Å²) >= 11 is 4.50. The number of thiazole rings is 1. The highest BCUT2D eigenvalue weighted by atomic mass is 32.2. The number of benzene rings is 2. The molecule has 2 amide bonds. The zero-order valence-electron chi connectivity index (χ0n) is 18.6. The Hall–Kier alpha value is -3.14. The van der Waals surface area contributed by atoms with Gasteiger partial charge in [0.15, 0.2) is 5.13 Å². The van der Waals surface area contributed by atoms with Gasteiger partial charge in [-0.3, -0.25) is 9.59 Å². The van der Waals surface area contributed by atoms with Crippen molar-refractivity contribution >= 4 is 57.1 Å². The molecule has 0 spiro atoms. The van der Waals surface area contributed by atoms with Crippen molar-refractivity contribution in [2.45, 2.75) is 23.5 Å². The third kappa shape index (κ3) is 6.05. The molecule has 9 heteroatoms. The van der Waals surface area contributed by atoms with E-state index in [1.807, 2.05) is 54.1 Å². The first-order chi connectivity index (χ1) is 16.6.